The maximum Gasteiger partial charge on any atom is 0.266 e. The van der Waals surface area contributed by atoms with Gasteiger partial charge in [-0.15, -0.1) is 0 Å². The summed E-state index contributed by atoms with van der Waals surface area (Å²) in [4.78, 5) is 28.0. The molecule has 2 fully saturated rings. The standard InChI is InChI=1S/C22H24N6O/c29-20-4-3-19(17-5-9-23-10-6-17)26-28(20)15-16-7-13-27(14-8-16)22-21(18-1-2-18)24-11-12-25-22/h3-6,9-12,16,18H,1-2,7-8,13-15H2. The summed E-state index contributed by atoms with van der Waals surface area (Å²) in [5.41, 5.74) is 2.89. The van der Waals surface area contributed by atoms with Crippen LogP contribution in [0, 0.1) is 5.92 Å². The minimum Gasteiger partial charge on any atom is -0.355 e. The van der Waals surface area contributed by atoms with Gasteiger partial charge >= 0.3 is 0 Å². The van der Waals surface area contributed by atoms with Crippen molar-refractivity contribution in [2.45, 2.75) is 38.1 Å². The highest BCUT2D eigenvalue weighted by molar-refractivity contribution is 5.57. The minimum absolute atomic E-state index is 0.0461. The predicted octanol–water partition coefficient (Wildman–Crippen LogP) is 2.89. The highest BCUT2D eigenvalue weighted by Gasteiger charge is 2.31. The van der Waals surface area contributed by atoms with Crippen LogP contribution in [0.1, 0.15) is 37.3 Å². The number of hydrogen-bond acceptors (Lipinski definition) is 6. The molecule has 7 heteroatoms. The van der Waals surface area contributed by atoms with E-state index in [4.69, 9.17) is 0 Å². The van der Waals surface area contributed by atoms with Gasteiger partial charge in [-0.2, -0.15) is 5.10 Å². The van der Waals surface area contributed by atoms with Crippen LogP contribution >= 0.6 is 0 Å². The summed E-state index contributed by atoms with van der Waals surface area (Å²) in [7, 11) is 0. The highest BCUT2D eigenvalue weighted by Crippen LogP contribution is 2.42. The maximum absolute atomic E-state index is 12.3. The lowest BCUT2D eigenvalue weighted by Gasteiger charge is -2.33. The average Bonchev–Trinajstić information content (AvgIpc) is 3.62. The van der Waals surface area contributed by atoms with Crippen molar-refractivity contribution in [2.75, 3.05) is 18.0 Å². The normalized spacial score (nSPS) is 17.4. The molecule has 0 atom stereocenters. The molecule has 0 bridgehead atoms. The van der Waals surface area contributed by atoms with Gasteiger partial charge in [0, 0.05) is 62.0 Å². The molecule has 0 N–H and O–H groups in total. The lowest BCUT2D eigenvalue weighted by Crippen LogP contribution is -2.37. The fraction of sp³-hybridized carbons (Fsp3) is 0.409. The van der Waals surface area contributed by atoms with Crippen LogP contribution in [-0.2, 0) is 6.54 Å². The average molecular weight is 388 g/mol. The molecule has 29 heavy (non-hydrogen) atoms. The Hall–Kier alpha value is -3.09. The molecule has 0 amide bonds. The number of rotatable bonds is 5. The lowest BCUT2D eigenvalue weighted by atomic mass is 9.96. The van der Waals surface area contributed by atoms with Crippen LogP contribution < -0.4 is 10.5 Å². The smallest absolute Gasteiger partial charge is 0.266 e. The first-order chi connectivity index (χ1) is 14.3. The van der Waals surface area contributed by atoms with Gasteiger partial charge in [0.05, 0.1) is 11.4 Å². The molecule has 0 radical (unpaired) electrons. The first-order valence-electron chi connectivity index (χ1n) is 10.3. The summed E-state index contributed by atoms with van der Waals surface area (Å²) >= 11 is 0. The van der Waals surface area contributed by atoms with Gasteiger partial charge in [-0.3, -0.25) is 14.8 Å². The van der Waals surface area contributed by atoms with Crippen molar-refractivity contribution in [3.63, 3.8) is 0 Å². The Morgan fingerprint density at radius 2 is 1.66 bits per heavy atom. The van der Waals surface area contributed by atoms with Gasteiger partial charge in [0.1, 0.15) is 0 Å². The van der Waals surface area contributed by atoms with E-state index in [-0.39, 0.29) is 5.56 Å². The number of pyridine rings is 1. The number of piperidine rings is 1. The molecular weight excluding hydrogens is 364 g/mol. The second-order valence-corrected chi connectivity index (χ2v) is 7.94. The van der Waals surface area contributed by atoms with Crippen molar-refractivity contribution in [2.24, 2.45) is 5.92 Å². The number of hydrogen-bond donors (Lipinski definition) is 0. The van der Waals surface area contributed by atoms with E-state index in [1.807, 2.05) is 12.1 Å². The summed E-state index contributed by atoms with van der Waals surface area (Å²) in [6, 6.07) is 7.21. The van der Waals surface area contributed by atoms with E-state index in [2.05, 4.69) is 25.0 Å². The summed E-state index contributed by atoms with van der Waals surface area (Å²) in [6.45, 7) is 2.55. The molecule has 1 aliphatic heterocycles. The molecular formula is C22H24N6O. The van der Waals surface area contributed by atoms with Crippen LogP contribution in [0.5, 0.6) is 0 Å². The molecule has 3 aromatic heterocycles. The monoisotopic (exact) mass is 388 g/mol. The van der Waals surface area contributed by atoms with Crippen LogP contribution in [-0.4, -0.2) is 37.8 Å². The molecule has 5 rings (SSSR count). The third-order valence-corrected chi connectivity index (χ3v) is 5.86. The van der Waals surface area contributed by atoms with E-state index in [1.54, 1.807) is 41.6 Å². The Labute approximate surface area is 169 Å². The van der Waals surface area contributed by atoms with E-state index in [0.29, 0.717) is 18.4 Å². The molecule has 1 aliphatic carbocycles. The Bertz CT molecular complexity index is 1040. The third-order valence-electron chi connectivity index (χ3n) is 5.86. The summed E-state index contributed by atoms with van der Waals surface area (Å²) in [6.07, 6.45) is 11.6. The summed E-state index contributed by atoms with van der Waals surface area (Å²) in [5, 5.41) is 4.60. The molecule has 0 aromatic carbocycles. The van der Waals surface area contributed by atoms with Gasteiger partial charge in [0.25, 0.3) is 5.56 Å². The van der Waals surface area contributed by atoms with Crippen LogP contribution in [0.3, 0.4) is 0 Å². The minimum atomic E-state index is -0.0461. The number of aromatic nitrogens is 5. The topological polar surface area (TPSA) is 76.8 Å². The van der Waals surface area contributed by atoms with Gasteiger partial charge in [0.2, 0.25) is 0 Å². The molecule has 2 aliphatic rings. The van der Waals surface area contributed by atoms with Crippen molar-refractivity contribution < 1.29 is 0 Å². The molecule has 1 saturated heterocycles. The van der Waals surface area contributed by atoms with Crippen molar-refractivity contribution in [3.05, 3.63) is 65.1 Å². The first-order valence-corrected chi connectivity index (χ1v) is 10.3. The first kappa shape index (κ1) is 18.0. The van der Waals surface area contributed by atoms with Gasteiger partial charge in [-0.25, -0.2) is 9.67 Å². The summed E-state index contributed by atoms with van der Waals surface area (Å²) in [5.74, 6) is 2.09. The quantitative estimate of drug-likeness (QED) is 0.669. The molecule has 3 aromatic rings. The van der Waals surface area contributed by atoms with E-state index >= 15 is 0 Å². The number of nitrogens with zero attached hydrogens (tertiary/aromatic N) is 6. The number of anilines is 1. The van der Waals surface area contributed by atoms with Crippen molar-refractivity contribution in [3.8, 4) is 11.3 Å². The van der Waals surface area contributed by atoms with Crippen LogP contribution in [0.25, 0.3) is 11.3 Å². The fourth-order valence-corrected chi connectivity index (χ4v) is 4.06. The molecule has 0 unspecified atom stereocenters. The van der Waals surface area contributed by atoms with Crippen molar-refractivity contribution in [1.29, 1.82) is 0 Å². The zero-order valence-electron chi connectivity index (χ0n) is 16.3. The Morgan fingerprint density at radius 3 is 2.41 bits per heavy atom. The van der Waals surface area contributed by atoms with Gasteiger partial charge in [-0.05, 0) is 49.8 Å². The highest BCUT2D eigenvalue weighted by atomic mass is 16.1. The lowest BCUT2D eigenvalue weighted by molar-refractivity contribution is 0.334. The van der Waals surface area contributed by atoms with Crippen LogP contribution in [0.4, 0.5) is 5.82 Å². The maximum atomic E-state index is 12.3. The molecule has 0 spiro atoms. The second kappa shape index (κ2) is 7.73. The zero-order chi connectivity index (χ0) is 19.6. The molecule has 4 heterocycles. The largest absolute Gasteiger partial charge is 0.355 e. The van der Waals surface area contributed by atoms with Gasteiger partial charge in [0.15, 0.2) is 5.82 Å². The van der Waals surface area contributed by atoms with Crippen molar-refractivity contribution >= 4 is 5.82 Å². The van der Waals surface area contributed by atoms with E-state index in [0.717, 1.165) is 48.7 Å². The van der Waals surface area contributed by atoms with Crippen molar-refractivity contribution in [1.82, 2.24) is 24.7 Å². The van der Waals surface area contributed by atoms with E-state index in [1.165, 1.54) is 12.8 Å². The fourth-order valence-electron chi connectivity index (χ4n) is 4.06. The zero-order valence-corrected chi connectivity index (χ0v) is 16.3. The Kier molecular flexibility index (Phi) is 4.79. The molecule has 148 valence electrons. The Balaban J connectivity index is 1.27. The van der Waals surface area contributed by atoms with E-state index < -0.39 is 0 Å². The van der Waals surface area contributed by atoms with Gasteiger partial charge in [-0.1, -0.05) is 0 Å². The van der Waals surface area contributed by atoms with Gasteiger partial charge < -0.3 is 4.90 Å². The van der Waals surface area contributed by atoms with E-state index in [9.17, 15) is 4.79 Å². The predicted molar refractivity (Wildman–Crippen MR) is 111 cm³/mol. The molecule has 7 nitrogen and oxygen atoms in total. The summed E-state index contributed by atoms with van der Waals surface area (Å²) < 4.78 is 1.62. The molecule has 1 saturated carbocycles. The second-order valence-electron chi connectivity index (χ2n) is 7.94. The van der Waals surface area contributed by atoms with Crippen LogP contribution in [0.15, 0.2) is 53.8 Å². The Morgan fingerprint density at radius 1 is 0.897 bits per heavy atom. The third kappa shape index (κ3) is 3.90. The SMILES string of the molecule is O=c1ccc(-c2ccncc2)nn1CC1CCN(c2nccnc2C2CC2)CC1. The van der Waals surface area contributed by atoms with Crippen LogP contribution in [0.2, 0.25) is 0 Å².